The third kappa shape index (κ3) is 1.56. The van der Waals surface area contributed by atoms with Crippen molar-refractivity contribution in [3.05, 3.63) is 35.4 Å². The fourth-order valence-electron chi connectivity index (χ4n) is 1.53. The molecule has 0 atom stereocenters. The van der Waals surface area contributed by atoms with Gasteiger partial charge >= 0.3 is 0 Å². The van der Waals surface area contributed by atoms with Crippen molar-refractivity contribution < 1.29 is 4.79 Å². The third-order valence-corrected chi connectivity index (χ3v) is 2.28. The van der Waals surface area contributed by atoms with E-state index in [-0.39, 0.29) is 5.78 Å². The van der Waals surface area contributed by atoms with Crippen molar-refractivity contribution in [3.63, 3.8) is 0 Å². The number of aromatic nitrogens is 4. The smallest absolute Gasteiger partial charge is 0.231 e. The lowest BCUT2D eigenvalue weighted by Crippen LogP contribution is -2.10. The standard InChI is InChI=1S/C10H12N4O/c1-7-6-11-14(3)9(7)10(15)8-4-5-13(2)12-8/h4-6H,1-3H3. The molecular formula is C10H12N4O. The average molecular weight is 204 g/mol. The van der Waals surface area contributed by atoms with Gasteiger partial charge in [-0.1, -0.05) is 0 Å². The molecule has 0 aromatic carbocycles. The van der Waals surface area contributed by atoms with Crippen molar-refractivity contribution in [2.45, 2.75) is 6.92 Å². The Morgan fingerprint density at radius 1 is 1.40 bits per heavy atom. The zero-order chi connectivity index (χ0) is 11.0. The first-order valence-corrected chi connectivity index (χ1v) is 4.62. The van der Waals surface area contributed by atoms with Gasteiger partial charge in [0, 0.05) is 20.3 Å². The topological polar surface area (TPSA) is 52.7 Å². The van der Waals surface area contributed by atoms with Crippen LogP contribution in [0.15, 0.2) is 18.5 Å². The molecule has 0 aliphatic heterocycles. The van der Waals surface area contributed by atoms with Crippen LogP contribution in [0.1, 0.15) is 21.7 Å². The maximum absolute atomic E-state index is 12.0. The Hall–Kier alpha value is -1.91. The molecule has 0 saturated carbocycles. The van der Waals surface area contributed by atoms with Crippen molar-refractivity contribution in [3.8, 4) is 0 Å². The molecule has 0 radical (unpaired) electrons. The van der Waals surface area contributed by atoms with E-state index in [1.54, 1.807) is 41.9 Å². The van der Waals surface area contributed by atoms with Crippen LogP contribution in [0.2, 0.25) is 0 Å². The zero-order valence-corrected chi connectivity index (χ0v) is 8.93. The van der Waals surface area contributed by atoms with Crippen molar-refractivity contribution >= 4 is 5.78 Å². The van der Waals surface area contributed by atoms with Crippen molar-refractivity contribution in [1.29, 1.82) is 0 Å². The summed E-state index contributed by atoms with van der Waals surface area (Å²) >= 11 is 0. The van der Waals surface area contributed by atoms with Crippen LogP contribution in [0.5, 0.6) is 0 Å². The van der Waals surface area contributed by atoms with Crippen molar-refractivity contribution in [2.24, 2.45) is 14.1 Å². The lowest BCUT2D eigenvalue weighted by Gasteiger charge is -1.99. The molecule has 0 spiro atoms. The molecule has 0 N–H and O–H groups in total. The number of carbonyl (C=O) groups excluding carboxylic acids is 1. The molecule has 0 fully saturated rings. The predicted octanol–water partition coefficient (Wildman–Crippen LogP) is 0.693. The van der Waals surface area contributed by atoms with Crippen LogP contribution >= 0.6 is 0 Å². The number of rotatable bonds is 2. The third-order valence-electron chi connectivity index (χ3n) is 2.28. The van der Waals surface area contributed by atoms with E-state index < -0.39 is 0 Å². The van der Waals surface area contributed by atoms with E-state index in [0.29, 0.717) is 11.4 Å². The maximum atomic E-state index is 12.0. The molecule has 0 unspecified atom stereocenters. The summed E-state index contributed by atoms with van der Waals surface area (Å²) in [5, 5.41) is 8.11. The highest BCUT2D eigenvalue weighted by Gasteiger charge is 2.17. The highest BCUT2D eigenvalue weighted by molar-refractivity contribution is 6.07. The van der Waals surface area contributed by atoms with E-state index in [4.69, 9.17) is 0 Å². The Morgan fingerprint density at radius 3 is 2.60 bits per heavy atom. The van der Waals surface area contributed by atoms with Gasteiger partial charge in [-0.2, -0.15) is 10.2 Å². The lowest BCUT2D eigenvalue weighted by molar-refractivity contribution is 0.102. The minimum absolute atomic E-state index is 0.0897. The molecule has 2 aromatic rings. The first-order valence-electron chi connectivity index (χ1n) is 4.62. The second-order valence-electron chi connectivity index (χ2n) is 3.50. The lowest BCUT2D eigenvalue weighted by atomic mass is 10.1. The summed E-state index contributed by atoms with van der Waals surface area (Å²) in [6.45, 7) is 1.86. The number of hydrogen-bond acceptors (Lipinski definition) is 3. The summed E-state index contributed by atoms with van der Waals surface area (Å²) < 4.78 is 3.19. The van der Waals surface area contributed by atoms with Gasteiger partial charge in [0.25, 0.3) is 0 Å². The number of nitrogens with zero attached hydrogens (tertiary/aromatic N) is 4. The van der Waals surface area contributed by atoms with E-state index in [2.05, 4.69) is 10.2 Å². The van der Waals surface area contributed by atoms with Gasteiger partial charge in [0.05, 0.1) is 6.20 Å². The number of ketones is 1. The quantitative estimate of drug-likeness (QED) is 0.676. The van der Waals surface area contributed by atoms with Gasteiger partial charge in [-0.3, -0.25) is 14.2 Å². The molecule has 0 aliphatic carbocycles. The van der Waals surface area contributed by atoms with Crippen LogP contribution in [0, 0.1) is 6.92 Å². The normalized spacial score (nSPS) is 10.6. The minimum Gasteiger partial charge on any atom is -0.285 e. The summed E-state index contributed by atoms with van der Waals surface area (Å²) in [6, 6.07) is 1.70. The van der Waals surface area contributed by atoms with E-state index in [1.807, 2.05) is 6.92 Å². The molecule has 78 valence electrons. The largest absolute Gasteiger partial charge is 0.285 e. The summed E-state index contributed by atoms with van der Waals surface area (Å²) in [6.07, 6.45) is 3.43. The number of aryl methyl sites for hydroxylation is 3. The van der Waals surface area contributed by atoms with E-state index >= 15 is 0 Å². The van der Waals surface area contributed by atoms with Crippen LogP contribution in [-0.2, 0) is 14.1 Å². The molecule has 0 amide bonds. The molecule has 0 aliphatic rings. The molecule has 5 heteroatoms. The molecule has 15 heavy (non-hydrogen) atoms. The molecule has 2 heterocycles. The van der Waals surface area contributed by atoms with Gasteiger partial charge in [-0.25, -0.2) is 0 Å². The number of carbonyl (C=O) groups is 1. The predicted molar refractivity (Wildman–Crippen MR) is 54.6 cm³/mol. The molecule has 2 aromatic heterocycles. The molecule has 0 bridgehead atoms. The van der Waals surface area contributed by atoms with E-state index in [1.165, 1.54) is 0 Å². The van der Waals surface area contributed by atoms with E-state index in [0.717, 1.165) is 5.56 Å². The van der Waals surface area contributed by atoms with Crippen LogP contribution in [-0.4, -0.2) is 25.3 Å². The Morgan fingerprint density at radius 2 is 2.13 bits per heavy atom. The van der Waals surface area contributed by atoms with Crippen LogP contribution < -0.4 is 0 Å². The Labute approximate surface area is 87.3 Å². The zero-order valence-electron chi connectivity index (χ0n) is 8.93. The second kappa shape index (κ2) is 3.34. The summed E-state index contributed by atoms with van der Waals surface area (Å²) in [7, 11) is 3.54. The minimum atomic E-state index is -0.0897. The van der Waals surface area contributed by atoms with E-state index in [9.17, 15) is 4.79 Å². The highest BCUT2D eigenvalue weighted by atomic mass is 16.1. The molecule has 0 saturated heterocycles. The second-order valence-corrected chi connectivity index (χ2v) is 3.50. The molecular weight excluding hydrogens is 192 g/mol. The van der Waals surface area contributed by atoms with Gasteiger partial charge in [0.2, 0.25) is 5.78 Å². The SMILES string of the molecule is Cc1cnn(C)c1C(=O)c1ccn(C)n1. The summed E-state index contributed by atoms with van der Waals surface area (Å²) in [4.78, 5) is 12.0. The maximum Gasteiger partial charge on any atom is 0.231 e. The van der Waals surface area contributed by atoms with Crippen LogP contribution in [0.3, 0.4) is 0 Å². The Bertz CT molecular complexity index is 490. The Balaban J connectivity index is 2.45. The molecule has 5 nitrogen and oxygen atoms in total. The fourth-order valence-corrected chi connectivity index (χ4v) is 1.53. The highest BCUT2D eigenvalue weighted by Crippen LogP contribution is 2.11. The van der Waals surface area contributed by atoms with Gasteiger partial charge < -0.3 is 0 Å². The fraction of sp³-hybridized carbons (Fsp3) is 0.300. The Kier molecular flexibility index (Phi) is 2.15. The monoisotopic (exact) mass is 204 g/mol. The van der Waals surface area contributed by atoms with Crippen LogP contribution in [0.4, 0.5) is 0 Å². The van der Waals surface area contributed by atoms with Crippen LogP contribution in [0.25, 0.3) is 0 Å². The van der Waals surface area contributed by atoms with Gasteiger partial charge in [-0.15, -0.1) is 0 Å². The van der Waals surface area contributed by atoms with Crippen molar-refractivity contribution in [1.82, 2.24) is 19.6 Å². The number of hydrogen-bond donors (Lipinski definition) is 0. The van der Waals surface area contributed by atoms with Gasteiger partial charge in [0.15, 0.2) is 0 Å². The summed E-state index contributed by atoms with van der Waals surface area (Å²) in [5.74, 6) is -0.0897. The first-order chi connectivity index (χ1) is 7.09. The van der Waals surface area contributed by atoms with Crippen molar-refractivity contribution in [2.75, 3.05) is 0 Å². The molecule has 2 rings (SSSR count). The summed E-state index contributed by atoms with van der Waals surface area (Å²) in [5.41, 5.74) is 1.91. The average Bonchev–Trinajstić information content (AvgIpc) is 2.73. The van der Waals surface area contributed by atoms with Gasteiger partial charge in [-0.05, 0) is 18.6 Å². The first kappa shape index (κ1) is 9.64. The van der Waals surface area contributed by atoms with Gasteiger partial charge in [0.1, 0.15) is 11.4 Å².